The summed E-state index contributed by atoms with van der Waals surface area (Å²) in [6, 6.07) is 1.78. The number of rotatable bonds is 2. The lowest BCUT2D eigenvalue weighted by atomic mass is 10.1. The Bertz CT molecular complexity index is 841. The van der Waals surface area contributed by atoms with Crippen molar-refractivity contribution in [2.45, 2.75) is 17.9 Å². The van der Waals surface area contributed by atoms with Crippen molar-refractivity contribution in [1.29, 1.82) is 0 Å². The van der Waals surface area contributed by atoms with Crippen molar-refractivity contribution < 1.29 is 0 Å². The molecule has 112 valence electrons. The molecule has 21 heavy (non-hydrogen) atoms. The first-order valence-corrected chi connectivity index (χ1v) is 8.01. The Morgan fingerprint density at radius 1 is 1.48 bits per heavy atom. The molecule has 0 amide bonds. The molecular weight excluding hydrogens is 310 g/mol. The second-order valence-corrected chi connectivity index (χ2v) is 7.00. The summed E-state index contributed by atoms with van der Waals surface area (Å²) in [7, 11) is 3.94. The molecule has 0 aliphatic carbocycles. The van der Waals surface area contributed by atoms with E-state index in [1.54, 1.807) is 22.4 Å². The maximum Gasteiger partial charge on any atom is 0.329 e. The molecule has 2 aromatic rings. The molecule has 0 radical (unpaired) electrons. The van der Waals surface area contributed by atoms with Crippen LogP contribution in [-0.4, -0.2) is 40.8 Å². The molecule has 1 aromatic carbocycles. The Labute approximate surface area is 130 Å². The minimum absolute atomic E-state index is 0.0168. The van der Waals surface area contributed by atoms with Crippen molar-refractivity contribution in [1.82, 2.24) is 14.5 Å². The number of nitrogens with zero attached hydrogens (tertiary/aromatic N) is 2. The van der Waals surface area contributed by atoms with E-state index in [1.165, 1.54) is 0 Å². The summed E-state index contributed by atoms with van der Waals surface area (Å²) in [4.78, 5) is 29.7. The summed E-state index contributed by atoms with van der Waals surface area (Å²) in [5.41, 5.74) is 0.815. The van der Waals surface area contributed by atoms with Crippen LogP contribution in [0.1, 0.15) is 11.6 Å². The minimum Gasteiger partial charge on any atom is -0.307 e. The molecule has 0 unspecified atom stereocenters. The summed E-state index contributed by atoms with van der Waals surface area (Å²) in [5.74, 6) is 0.759. The zero-order valence-corrected chi connectivity index (χ0v) is 13.6. The first-order valence-electron chi connectivity index (χ1n) is 6.65. The fourth-order valence-electron chi connectivity index (χ4n) is 2.78. The van der Waals surface area contributed by atoms with Crippen molar-refractivity contribution in [2.24, 2.45) is 0 Å². The van der Waals surface area contributed by atoms with Gasteiger partial charge in [0.15, 0.2) is 0 Å². The topological polar surface area (TPSA) is 58.1 Å². The van der Waals surface area contributed by atoms with Crippen molar-refractivity contribution in [2.75, 3.05) is 26.4 Å². The highest BCUT2D eigenvalue weighted by Gasteiger charge is 2.27. The summed E-state index contributed by atoms with van der Waals surface area (Å²) in [5, 5.41) is 1.16. The Morgan fingerprint density at radius 3 is 2.86 bits per heavy atom. The molecule has 1 N–H and O–H groups in total. The van der Waals surface area contributed by atoms with Crippen LogP contribution in [0.4, 0.5) is 0 Å². The van der Waals surface area contributed by atoms with E-state index in [-0.39, 0.29) is 17.3 Å². The SMILES string of the molecule is Cc1cc2c(=O)[nH]c(=O)n3c2c(c1Cl)SC[C@@H]3CN(C)C. The monoisotopic (exact) mass is 325 g/mol. The lowest BCUT2D eigenvalue weighted by Crippen LogP contribution is -2.39. The van der Waals surface area contributed by atoms with E-state index in [0.29, 0.717) is 15.9 Å². The van der Waals surface area contributed by atoms with E-state index in [1.807, 2.05) is 25.9 Å². The van der Waals surface area contributed by atoms with Crippen LogP contribution in [0.3, 0.4) is 0 Å². The van der Waals surface area contributed by atoms with Gasteiger partial charge in [0.05, 0.1) is 26.9 Å². The van der Waals surface area contributed by atoms with Gasteiger partial charge in [0.2, 0.25) is 0 Å². The highest BCUT2D eigenvalue weighted by molar-refractivity contribution is 7.99. The molecule has 0 spiro atoms. The fraction of sp³-hybridized carbons (Fsp3) is 0.429. The van der Waals surface area contributed by atoms with Gasteiger partial charge in [0.25, 0.3) is 5.56 Å². The van der Waals surface area contributed by atoms with Gasteiger partial charge in [0.1, 0.15) is 0 Å². The molecule has 0 fully saturated rings. The molecule has 2 heterocycles. The molecule has 0 saturated heterocycles. The standard InChI is InChI=1S/C14H16ClN3O2S/c1-7-4-9-11-12(10(7)15)21-6-8(5-17(2)3)18(11)14(20)16-13(9)19/h4,8H,5-6H2,1-3H3,(H,16,19,20)/t8-/m0/s1. The van der Waals surface area contributed by atoms with Crippen molar-refractivity contribution >= 4 is 34.3 Å². The molecule has 3 rings (SSSR count). The summed E-state index contributed by atoms with van der Waals surface area (Å²) < 4.78 is 1.69. The van der Waals surface area contributed by atoms with E-state index >= 15 is 0 Å². The number of nitrogens with one attached hydrogen (secondary N) is 1. The Hall–Kier alpha value is -1.24. The van der Waals surface area contributed by atoms with Gasteiger partial charge in [-0.2, -0.15) is 0 Å². The quantitative estimate of drug-likeness (QED) is 0.915. The predicted octanol–water partition coefficient (Wildman–Crippen LogP) is 1.86. The first-order chi connectivity index (χ1) is 9.90. The van der Waals surface area contributed by atoms with Gasteiger partial charge in [-0.05, 0) is 32.6 Å². The number of halogens is 1. The Morgan fingerprint density at radius 2 is 2.19 bits per heavy atom. The van der Waals surface area contributed by atoms with Crippen LogP contribution in [0.25, 0.3) is 10.9 Å². The smallest absolute Gasteiger partial charge is 0.307 e. The number of benzene rings is 1. The number of aromatic amines is 1. The lowest BCUT2D eigenvalue weighted by Gasteiger charge is -2.29. The number of aromatic nitrogens is 2. The number of thioether (sulfide) groups is 1. The maximum atomic E-state index is 12.3. The van der Waals surface area contributed by atoms with Crippen LogP contribution in [0.2, 0.25) is 5.02 Å². The van der Waals surface area contributed by atoms with Crippen LogP contribution in [-0.2, 0) is 0 Å². The largest absolute Gasteiger partial charge is 0.329 e. The third-order valence-corrected chi connectivity index (χ3v) is 5.50. The fourth-order valence-corrected chi connectivity index (χ4v) is 4.34. The maximum absolute atomic E-state index is 12.3. The molecule has 1 aliphatic heterocycles. The molecule has 7 heteroatoms. The van der Waals surface area contributed by atoms with Gasteiger partial charge in [-0.1, -0.05) is 11.6 Å². The van der Waals surface area contributed by atoms with E-state index < -0.39 is 0 Å². The average molecular weight is 326 g/mol. The normalized spacial score (nSPS) is 17.7. The van der Waals surface area contributed by atoms with Crippen molar-refractivity contribution in [3.8, 4) is 0 Å². The van der Waals surface area contributed by atoms with Gasteiger partial charge >= 0.3 is 5.69 Å². The summed E-state index contributed by atoms with van der Waals surface area (Å²) in [6.07, 6.45) is 0. The van der Waals surface area contributed by atoms with Gasteiger partial charge in [-0.15, -0.1) is 11.8 Å². The predicted molar refractivity (Wildman–Crippen MR) is 86.9 cm³/mol. The second kappa shape index (κ2) is 5.19. The molecule has 1 aromatic heterocycles. The third kappa shape index (κ3) is 2.31. The number of hydrogen-bond donors (Lipinski definition) is 1. The minimum atomic E-state index is -0.360. The molecular formula is C14H16ClN3O2S. The lowest BCUT2D eigenvalue weighted by molar-refractivity contribution is 0.337. The number of hydrogen-bond acceptors (Lipinski definition) is 4. The highest BCUT2D eigenvalue weighted by Crippen LogP contribution is 2.41. The summed E-state index contributed by atoms with van der Waals surface area (Å²) >= 11 is 8.00. The van der Waals surface area contributed by atoms with E-state index in [0.717, 1.165) is 22.8 Å². The van der Waals surface area contributed by atoms with Crippen LogP contribution in [0.5, 0.6) is 0 Å². The Balaban J connectivity index is 2.42. The zero-order chi connectivity index (χ0) is 15.3. The molecule has 0 bridgehead atoms. The zero-order valence-electron chi connectivity index (χ0n) is 12.1. The number of aryl methyl sites for hydroxylation is 1. The van der Waals surface area contributed by atoms with Crippen LogP contribution >= 0.6 is 23.4 Å². The van der Waals surface area contributed by atoms with Crippen LogP contribution in [0.15, 0.2) is 20.6 Å². The van der Waals surface area contributed by atoms with Crippen molar-refractivity contribution in [3.05, 3.63) is 37.5 Å². The molecule has 5 nitrogen and oxygen atoms in total. The second-order valence-electron chi connectivity index (χ2n) is 5.59. The number of likely N-dealkylation sites (N-methyl/N-ethyl adjacent to an activating group) is 1. The molecule has 1 aliphatic rings. The summed E-state index contributed by atoms with van der Waals surface area (Å²) in [6.45, 7) is 2.61. The van der Waals surface area contributed by atoms with Gasteiger partial charge in [0, 0.05) is 12.3 Å². The van der Waals surface area contributed by atoms with E-state index in [4.69, 9.17) is 11.6 Å². The molecule has 1 atom stereocenters. The third-order valence-electron chi connectivity index (χ3n) is 3.66. The van der Waals surface area contributed by atoms with E-state index in [2.05, 4.69) is 4.98 Å². The number of H-pyrrole nitrogens is 1. The first kappa shape index (κ1) is 14.7. The van der Waals surface area contributed by atoms with Gasteiger partial charge in [-0.25, -0.2) is 4.79 Å². The molecule has 0 saturated carbocycles. The van der Waals surface area contributed by atoms with Gasteiger partial charge in [-0.3, -0.25) is 14.3 Å². The average Bonchev–Trinajstić information content (AvgIpc) is 2.40. The van der Waals surface area contributed by atoms with Gasteiger partial charge < -0.3 is 4.90 Å². The highest BCUT2D eigenvalue weighted by atomic mass is 35.5. The van der Waals surface area contributed by atoms with Crippen LogP contribution in [0, 0.1) is 6.92 Å². The van der Waals surface area contributed by atoms with E-state index in [9.17, 15) is 9.59 Å². The van der Waals surface area contributed by atoms with Crippen LogP contribution < -0.4 is 11.2 Å². The Kier molecular flexibility index (Phi) is 3.63. The van der Waals surface area contributed by atoms with Crippen molar-refractivity contribution in [3.63, 3.8) is 0 Å².